The molecule has 54 heavy (non-hydrogen) atoms. The molecule has 7 heterocycles. The van der Waals surface area contributed by atoms with E-state index in [1.165, 1.54) is 17.1 Å². The first kappa shape index (κ1) is 39.0. The SMILES string of the molecule is Nc1nc(/C(=N/OCCSc2nnc(-c3cc(=O)c(O)c[nH]3)o2)C(=O)N[C@@H]2C(=O)N3C(C(=O)[O-])=C(CSc4nnc(-c5ccncc5)o4)CS[C@H]23)cs1.[Na+]. The molecular formula is C29H22N11NaO9S4. The van der Waals surface area contributed by atoms with Crippen molar-refractivity contribution in [3.05, 3.63) is 69.4 Å². The number of aliphatic carboxylic acids is 1. The number of carbonyl (C=O) groups excluding carboxylic acids is 3. The van der Waals surface area contributed by atoms with Gasteiger partial charge in [0.15, 0.2) is 16.6 Å². The van der Waals surface area contributed by atoms with Crippen molar-refractivity contribution in [1.82, 2.24) is 45.6 Å². The van der Waals surface area contributed by atoms with Gasteiger partial charge in [0, 0.05) is 52.9 Å². The number of β-lactam (4-membered cyclic amide) rings is 1. The molecule has 25 heteroatoms. The van der Waals surface area contributed by atoms with Gasteiger partial charge in [-0.3, -0.25) is 24.3 Å². The van der Waals surface area contributed by atoms with Crippen molar-refractivity contribution in [1.29, 1.82) is 0 Å². The van der Waals surface area contributed by atoms with Gasteiger partial charge >= 0.3 is 29.6 Å². The van der Waals surface area contributed by atoms with Crippen molar-refractivity contribution in [2.45, 2.75) is 21.9 Å². The summed E-state index contributed by atoms with van der Waals surface area (Å²) in [7, 11) is 0. The molecule has 2 aliphatic rings. The minimum absolute atomic E-state index is 0. The van der Waals surface area contributed by atoms with E-state index in [0.717, 1.165) is 52.0 Å². The largest absolute Gasteiger partial charge is 1.00 e. The number of nitrogen functional groups attached to an aromatic ring is 1. The molecule has 0 bridgehead atoms. The van der Waals surface area contributed by atoms with E-state index < -0.39 is 40.4 Å². The Morgan fingerprint density at radius 1 is 1.15 bits per heavy atom. The molecule has 5 aromatic heterocycles. The summed E-state index contributed by atoms with van der Waals surface area (Å²) in [6.45, 7) is -0.0291. The molecule has 272 valence electrons. The maximum absolute atomic E-state index is 13.5. The second-order valence-electron chi connectivity index (χ2n) is 10.7. The fraction of sp³-hybridized carbons (Fsp3) is 0.207. The molecular weight excluding hydrogens is 798 g/mol. The van der Waals surface area contributed by atoms with E-state index in [9.17, 15) is 29.4 Å². The van der Waals surface area contributed by atoms with Crippen LogP contribution in [-0.2, 0) is 19.2 Å². The van der Waals surface area contributed by atoms with Crippen LogP contribution in [0.2, 0.25) is 0 Å². The molecule has 0 aromatic carbocycles. The van der Waals surface area contributed by atoms with E-state index in [0.29, 0.717) is 11.1 Å². The number of H-pyrrole nitrogens is 1. The fourth-order valence-electron chi connectivity index (χ4n) is 4.86. The molecule has 2 aliphatic heterocycles. The van der Waals surface area contributed by atoms with Gasteiger partial charge in [-0.05, 0) is 17.7 Å². The summed E-state index contributed by atoms with van der Waals surface area (Å²) in [5.74, 6) is -2.54. The van der Waals surface area contributed by atoms with Crippen LogP contribution < -0.4 is 51.1 Å². The van der Waals surface area contributed by atoms with Gasteiger partial charge in [-0.25, -0.2) is 4.98 Å². The minimum Gasteiger partial charge on any atom is -0.543 e. The number of hydrogen-bond acceptors (Lipinski definition) is 21. The first-order valence-corrected chi connectivity index (χ1v) is 18.9. The Morgan fingerprint density at radius 2 is 1.89 bits per heavy atom. The zero-order valence-electron chi connectivity index (χ0n) is 27.5. The molecule has 2 amide bonds. The second kappa shape index (κ2) is 17.2. The summed E-state index contributed by atoms with van der Waals surface area (Å²) < 4.78 is 11.2. The summed E-state index contributed by atoms with van der Waals surface area (Å²) in [4.78, 5) is 67.9. The van der Waals surface area contributed by atoms with Gasteiger partial charge < -0.3 is 44.7 Å². The molecule has 1 saturated heterocycles. The van der Waals surface area contributed by atoms with Crippen LogP contribution >= 0.6 is 46.6 Å². The van der Waals surface area contributed by atoms with Crippen molar-refractivity contribution in [2.24, 2.45) is 5.16 Å². The minimum atomic E-state index is -1.54. The zero-order valence-corrected chi connectivity index (χ0v) is 32.8. The van der Waals surface area contributed by atoms with Gasteiger partial charge in [0.25, 0.3) is 28.2 Å². The van der Waals surface area contributed by atoms with Gasteiger partial charge in [0.1, 0.15) is 29.4 Å². The van der Waals surface area contributed by atoms with Crippen LogP contribution in [0.5, 0.6) is 5.75 Å². The third-order valence-electron chi connectivity index (χ3n) is 7.30. The predicted octanol–water partition coefficient (Wildman–Crippen LogP) is -2.67. The maximum atomic E-state index is 13.5. The molecule has 0 saturated carbocycles. The van der Waals surface area contributed by atoms with Gasteiger partial charge in [-0.2, -0.15) is 0 Å². The number of thiazole rings is 1. The molecule has 5 N–H and O–H groups in total. The van der Waals surface area contributed by atoms with Crippen LogP contribution in [0.25, 0.3) is 23.0 Å². The monoisotopic (exact) mass is 819 g/mol. The molecule has 7 rings (SSSR count). The third kappa shape index (κ3) is 8.48. The van der Waals surface area contributed by atoms with E-state index in [4.69, 9.17) is 19.4 Å². The molecule has 0 spiro atoms. The summed E-state index contributed by atoms with van der Waals surface area (Å²) in [5.41, 5.74) is 6.03. The number of rotatable bonds is 14. The predicted molar refractivity (Wildman–Crippen MR) is 187 cm³/mol. The van der Waals surface area contributed by atoms with Crippen LogP contribution in [0.3, 0.4) is 0 Å². The van der Waals surface area contributed by atoms with Gasteiger partial charge in [-0.15, -0.1) is 43.5 Å². The van der Waals surface area contributed by atoms with E-state index in [1.54, 1.807) is 24.5 Å². The topological polar surface area (TPSA) is 294 Å². The van der Waals surface area contributed by atoms with Crippen LogP contribution in [0, 0.1) is 0 Å². The zero-order chi connectivity index (χ0) is 37.1. The summed E-state index contributed by atoms with van der Waals surface area (Å²) in [6, 6.07) is 3.45. The Labute approximate surface area is 341 Å². The first-order chi connectivity index (χ1) is 25.7. The van der Waals surface area contributed by atoms with Crippen molar-refractivity contribution >= 4 is 75.2 Å². The number of oxime groups is 1. The van der Waals surface area contributed by atoms with Crippen LogP contribution in [0.1, 0.15) is 5.69 Å². The van der Waals surface area contributed by atoms with E-state index in [2.05, 4.69) is 45.8 Å². The number of carboxylic acid groups (broad SMARTS) is 1. The van der Waals surface area contributed by atoms with Gasteiger partial charge in [0.2, 0.25) is 11.3 Å². The third-order valence-corrected chi connectivity index (χ3v) is 11.0. The number of nitrogens with one attached hydrogen (secondary N) is 2. The molecule has 2 atom stereocenters. The van der Waals surface area contributed by atoms with Crippen molar-refractivity contribution in [3.8, 4) is 28.8 Å². The van der Waals surface area contributed by atoms with E-state index >= 15 is 0 Å². The van der Waals surface area contributed by atoms with Crippen LogP contribution in [0.4, 0.5) is 5.13 Å². The number of hydrogen-bond donors (Lipinski definition) is 4. The number of thioether (sulfide) groups is 3. The van der Waals surface area contributed by atoms with E-state index in [-0.39, 0.29) is 104 Å². The normalized spacial score (nSPS) is 16.7. The number of nitrogens with two attached hydrogens (primary N) is 1. The molecule has 1 fully saturated rings. The molecule has 0 unspecified atom stereocenters. The van der Waals surface area contributed by atoms with Gasteiger partial charge in [-0.1, -0.05) is 28.7 Å². The Balaban J connectivity index is 0.00000497. The number of carboxylic acids is 1. The van der Waals surface area contributed by atoms with Crippen LogP contribution in [-0.4, -0.2) is 104 Å². The van der Waals surface area contributed by atoms with Crippen molar-refractivity contribution < 1.29 is 67.8 Å². The number of aromatic hydroxyl groups is 1. The second-order valence-corrected chi connectivity index (χ2v) is 14.6. The summed E-state index contributed by atoms with van der Waals surface area (Å²) in [6.07, 6.45) is 4.27. The number of amides is 2. The molecule has 0 radical (unpaired) electrons. The number of pyridine rings is 2. The molecule has 0 aliphatic carbocycles. The van der Waals surface area contributed by atoms with Crippen molar-refractivity contribution in [3.63, 3.8) is 0 Å². The Hall–Kier alpha value is -4.72. The van der Waals surface area contributed by atoms with Crippen LogP contribution in [0.15, 0.2) is 82.7 Å². The van der Waals surface area contributed by atoms with Crippen molar-refractivity contribution in [2.75, 3.05) is 29.6 Å². The quantitative estimate of drug-likeness (QED) is 0.0222. The molecule has 5 aromatic rings. The number of fused-ring (bicyclic) bond motifs is 1. The first-order valence-electron chi connectivity index (χ1n) is 15.0. The summed E-state index contributed by atoms with van der Waals surface area (Å²) >= 11 is 4.55. The smallest absolute Gasteiger partial charge is 0.543 e. The molecule has 20 nitrogen and oxygen atoms in total. The fourth-order valence-corrected chi connectivity index (χ4v) is 8.23. The number of carbonyl (C=O) groups is 3. The number of aromatic nitrogens is 7. The van der Waals surface area contributed by atoms with Gasteiger partial charge in [0.05, 0.1) is 11.7 Å². The Kier molecular flexibility index (Phi) is 12.4. The standard InChI is InChI=1S/C29H23N11O9S4.Na/c30-27-33-15(11-52-27)18(39-47-5-6-50-28-37-36-23(49-28)14-7-16(41)17(42)8-32-14)21(43)34-19-24(44)40-20(26(45)46)13(9-51-25(19)40)10-53-29-38-35-22(48-29)12-1-3-31-4-2-12;/h1-4,7-8,11,19,25,42H,5-6,9-10H2,(H2,30,33)(H,32,41)(H,34,43)(H,45,46);/q;+1/p-1/b39-18-;/t19-,25-;/m1./s1. The number of aromatic amines is 1. The summed E-state index contributed by atoms with van der Waals surface area (Å²) in [5, 5.41) is 45.3. The average Bonchev–Trinajstić information content (AvgIpc) is 3.94. The average molecular weight is 820 g/mol. The number of anilines is 1. The van der Waals surface area contributed by atoms with E-state index in [1.807, 2.05) is 0 Å². The maximum Gasteiger partial charge on any atom is 1.00 e. The number of nitrogens with zero attached hydrogens (tertiary/aromatic N) is 8. The Morgan fingerprint density at radius 3 is 2.61 bits per heavy atom. The Bertz CT molecular complexity index is 2310.